The van der Waals surface area contributed by atoms with E-state index in [1.54, 1.807) is 22.2 Å². The predicted molar refractivity (Wildman–Crippen MR) is 126 cm³/mol. The van der Waals surface area contributed by atoms with Gasteiger partial charge < -0.3 is 10.2 Å². The van der Waals surface area contributed by atoms with E-state index >= 15 is 0 Å². The lowest BCUT2D eigenvalue weighted by Crippen LogP contribution is -2.51. The van der Waals surface area contributed by atoms with E-state index in [2.05, 4.69) is 15.2 Å². The Morgan fingerprint density at radius 3 is 2.69 bits per heavy atom. The fourth-order valence-corrected chi connectivity index (χ4v) is 5.72. The Morgan fingerprint density at radius 1 is 1.19 bits per heavy atom. The summed E-state index contributed by atoms with van der Waals surface area (Å²) in [6.45, 7) is 7.37. The van der Waals surface area contributed by atoms with Crippen LogP contribution in [0.2, 0.25) is 0 Å². The third-order valence-electron chi connectivity index (χ3n) is 6.62. The van der Waals surface area contributed by atoms with E-state index in [1.807, 2.05) is 18.7 Å². The molecule has 2 amide bonds. The van der Waals surface area contributed by atoms with Gasteiger partial charge in [-0.1, -0.05) is 6.92 Å². The number of carbonyl (C=O) groups is 2. The van der Waals surface area contributed by atoms with Crippen LogP contribution in [0.4, 0.5) is 0 Å². The maximum Gasteiger partial charge on any atom is 0.262 e. The highest BCUT2D eigenvalue weighted by Crippen LogP contribution is 2.33. The van der Waals surface area contributed by atoms with Crippen LogP contribution in [0.1, 0.15) is 50.0 Å². The molecule has 0 bridgehead atoms. The molecule has 0 saturated carbocycles. The molecule has 1 aliphatic carbocycles. The molecule has 1 atom stereocenters. The molecule has 1 fully saturated rings. The predicted octanol–water partition coefficient (Wildman–Crippen LogP) is 1.79. The van der Waals surface area contributed by atoms with E-state index in [1.165, 1.54) is 16.9 Å². The molecule has 4 rings (SSSR count). The summed E-state index contributed by atoms with van der Waals surface area (Å²) in [4.78, 5) is 48.4. The first-order chi connectivity index (χ1) is 15.5. The Kier molecular flexibility index (Phi) is 7.25. The minimum Gasteiger partial charge on any atom is -0.353 e. The monoisotopic (exact) mass is 459 g/mol. The minimum absolute atomic E-state index is 0.0145. The van der Waals surface area contributed by atoms with Crippen LogP contribution < -0.4 is 10.9 Å². The topological polar surface area (TPSA) is 87.5 Å². The van der Waals surface area contributed by atoms with Gasteiger partial charge in [-0.15, -0.1) is 11.3 Å². The zero-order valence-electron chi connectivity index (χ0n) is 19.1. The first-order valence-corrected chi connectivity index (χ1v) is 12.6. The SMILES string of the molecule is CC[C@@H](C)NC(=O)CN1CCN(C(=O)CCn2cnc3sc4c(c3c2=O)CCCC4)CC1. The van der Waals surface area contributed by atoms with Gasteiger partial charge in [0.15, 0.2) is 0 Å². The molecule has 9 heteroatoms. The fraction of sp³-hybridized carbons (Fsp3) is 0.652. The minimum atomic E-state index is -0.0145. The largest absolute Gasteiger partial charge is 0.353 e. The standard InChI is InChI=1S/C23H33N5O3S/c1-3-16(2)25-19(29)14-26-10-12-27(13-11-26)20(30)8-9-28-15-24-22-21(23(28)31)17-6-4-5-7-18(17)32-22/h15-16H,3-14H2,1-2H3,(H,25,29)/t16-/m1/s1. The van der Waals surface area contributed by atoms with Crippen molar-refractivity contribution in [2.24, 2.45) is 0 Å². The third-order valence-corrected chi connectivity index (χ3v) is 7.82. The van der Waals surface area contributed by atoms with Crippen LogP contribution in [0, 0.1) is 0 Å². The molecule has 32 heavy (non-hydrogen) atoms. The van der Waals surface area contributed by atoms with Crippen LogP contribution in [-0.2, 0) is 29.0 Å². The van der Waals surface area contributed by atoms with Crippen molar-refractivity contribution in [1.29, 1.82) is 0 Å². The Morgan fingerprint density at radius 2 is 1.94 bits per heavy atom. The lowest BCUT2D eigenvalue weighted by Gasteiger charge is -2.34. The summed E-state index contributed by atoms with van der Waals surface area (Å²) in [6.07, 6.45) is 7.08. The van der Waals surface area contributed by atoms with Gasteiger partial charge in [0.1, 0.15) is 4.83 Å². The summed E-state index contributed by atoms with van der Waals surface area (Å²) in [7, 11) is 0. The maximum atomic E-state index is 13.1. The number of amides is 2. The van der Waals surface area contributed by atoms with Crippen LogP contribution in [-0.4, -0.2) is 69.9 Å². The number of rotatable bonds is 7. The molecule has 0 spiro atoms. The number of hydrogen-bond donors (Lipinski definition) is 1. The van der Waals surface area contributed by atoms with Gasteiger partial charge in [-0.3, -0.25) is 23.9 Å². The summed E-state index contributed by atoms with van der Waals surface area (Å²) in [6, 6.07) is 0.182. The molecule has 3 heterocycles. The molecule has 174 valence electrons. The molecule has 2 aliphatic rings. The molecule has 1 N–H and O–H groups in total. The molecular weight excluding hydrogens is 426 g/mol. The van der Waals surface area contributed by atoms with Gasteiger partial charge in [0.25, 0.3) is 5.56 Å². The van der Waals surface area contributed by atoms with Crippen LogP contribution in [0.3, 0.4) is 0 Å². The number of piperazine rings is 1. The van der Waals surface area contributed by atoms with Crippen molar-refractivity contribution < 1.29 is 9.59 Å². The van der Waals surface area contributed by atoms with Crippen LogP contribution in [0.25, 0.3) is 10.2 Å². The van der Waals surface area contributed by atoms with Gasteiger partial charge in [-0.25, -0.2) is 4.98 Å². The van der Waals surface area contributed by atoms with Gasteiger partial charge in [-0.2, -0.15) is 0 Å². The van der Waals surface area contributed by atoms with Crippen molar-refractivity contribution >= 4 is 33.4 Å². The van der Waals surface area contributed by atoms with E-state index in [-0.39, 0.29) is 29.8 Å². The van der Waals surface area contributed by atoms with Gasteiger partial charge in [-0.05, 0) is 44.6 Å². The number of aromatic nitrogens is 2. The summed E-state index contributed by atoms with van der Waals surface area (Å²) in [5.41, 5.74) is 1.17. The summed E-state index contributed by atoms with van der Waals surface area (Å²) in [5.74, 6) is 0.0880. The second kappa shape index (κ2) is 10.1. The zero-order valence-corrected chi connectivity index (χ0v) is 19.9. The molecule has 2 aromatic rings. The number of nitrogens with one attached hydrogen (secondary N) is 1. The number of fused-ring (bicyclic) bond motifs is 3. The van der Waals surface area contributed by atoms with E-state index in [0.29, 0.717) is 39.3 Å². The third kappa shape index (κ3) is 5.04. The van der Waals surface area contributed by atoms with Crippen molar-refractivity contribution in [2.45, 2.75) is 65.0 Å². The zero-order chi connectivity index (χ0) is 22.7. The average Bonchev–Trinajstić information content (AvgIpc) is 3.18. The van der Waals surface area contributed by atoms with Crippen LogP contribution in [0.15, 0.2) is 11.1 Å². The van der Waals surface area contributed by atoms with E-state index in [9.17, 15) is 14.4 Å². The number of nitrogens with zero attached hydrogens (tertiary/aromatic N) is 4. The smallest absolute Gasteiger partial charge is 0.262 e. The Labute approximate surface area is 192 Å². The molecule has 1 aliphatic heterocycles. The highest BCUT2D eigenvalue weighted by Gasteiger charge is 2.23. The fourth-order valence-electron chi connectivity index (χ4n) is 4.50. The van der Waals surface area contributed by atoms with E-state index < -0.39 is 0 Å². The molecule has 0 unspecified atom stereocenters. The van der Waals surface area contributed by atoms with Crippen molar-refractivity contribution in [3.05, 3.63) is 27.1 Å². The second-order valence-corrected chi connectivity index (χ2v) is 10.0. The van der Waals surface area contributed by atoms with Crippen molar-refractivity contribution in [3.63, 3.8) is 0 Å². The van der Waals surface area contributed by atoms with Crippen molar-refractivity contribution in [3.8, 4) is 0 Å². The number of carbonyl (C=O) groups excluding carboxylic acids is 2. The Balaban J connectivity index is 1.30. The molecule has 0 aromatic carbocycles. The second-order valence-electron chi connectivity index (χ2n) is 8.92. The van der Waals surface area contributed by atoms with E-state index in [0.717, 1.165) is 35.9 Å². The highest BCUT2D eigenvalue weighted by molar-refractivity contribution is 7.18. The van der Waals surface area contributed by atoms with Gasteiger partial charge in [0, 0.05) is 50.1 Å². The maximum absolute atomic E-state index is 13.1. The number of thiophene rings is 1. The van der Waals surface area contributed by atoms with Gasteiger partial charge in [0.2, 0.25) is 11.8 Å². The Hall–Kier alpha value is -2.26. The van der Waals surface area contributed by atoms with Crippen LogP contribution >= 0.6 is 11.3 Å². The lowest BCUT2D eigenvalue weighted by molar-refractivity contribution is -0.133. The summed E-state index contributed by atoms with van der Waals surface area (Å²) < 4.78 is 1.59. The normalized spacial score (nSPS) is 17.9. The first kappa shape index (κ1) is 22.9. The molecular formula is C23H33N5O3S. The highest BCUT2D eigenvalue weighted by atomic mass is 32.1. The molecule has 0 radical (unpaired) electrons. The van der Waals surface area contributed by atoms with Gasteiger partial charge in [0.05, 0.1) is 18.3 Å². The van der Waals surface area contributed by atoms with Crippen LogP contribution in [0.5, 0.6) is 0 Å². The molecule has 2 aromatic heterocycles. The summed E-state index contributed by atoms with van der Waals surface area (Å²) in [5, 5.41) is 3.75. The van der Waals surface area contributed by atoms with Crippen molar-refractivity contribution in [1.82, 2.24) is 24.7 Å². The lowest BCUT2D eigenvalue weighted by atomic mass is 9.97. The Bertz CT molecular complexity index is 1040. The van der Waals surface area contributed by atoms with E-state index in [4.69, 9.17) is 0 Å². The molecule has 1 saturated heterocycles. The number of aryl methyl sites for hydroxylation is 3. The molecule has 8 nitrogen and oxygen atoms in total. The number of hydrogen-bond acceptors (Lipinski definition) is 6. The quantitative estimate of drug-likeness (QED) is 0.682. The van der Waals surface area contributed by atoms with Crippen molar-refractivity contribution in [2.75, 3.05) is 32.7 Å². The first-order valence-electron chi connectivity index (χ1n) is 11.8. The average molecular weight is 460 g/mol. The summed E-state index contributed by atoms with van der Waals surface area (Å²) >= 11 is 1.65. The van der Waals surface area contributed by atoms with Gasteiger partial charge >= 0.3 is 0 Å².